The minimum Gasteiger partial charge on any atom is -0.348 e. The van der Waals surface area contributed by atoms with Crippen LogP contribution >= 0.6 is 0 Å². The molecule has 2 atom stereocenters. The number of amides is 1. The first kappa shape index (κ1) is 20.9. The monoisotopic (exact) mass is 392 g/mol. The molecule has 0 aliphatic carbocycles. The summed E-state index contributed by atoms with van der Waals surface area (Å²) in [6, 6.07) is 9.66. The van der Waals surface area contributed by atoms with Gasteiger partial charge in [0.15, 0.2) is 0 Å². The first-order chi connectivity index (χ1) is 12.5. The molecule has 7 heteroatoms. The summed E-state index contributed by atoms with van der Waals surface area (Å²) in [6.07, 6.45) is 1.02. The molecule has 2 rings (SSSR count). The van der Waals surface area contributed by atoms with Gasteiger partial charge < -0.3 is 5.32 Å². The first-order valence-electron chi connectivity index (χ1n) is 8.63. The molecule has 0 saturated heterocycles. The molecule has 0 aliphatic heterocycles. The van der Waals surface area contributed by atoms with Crippen molar-refractivity contribution < 1.29 is 17.6 Å². The van der Waals surface area contributed by atoms with E-state index in [1.165, 1.54) is 19.1 Å². The van der Waals surface area contributed by atoms with E-state index < -0.39 is 27.8 Å². The highest BCUT2D eigenvalue weighted by Gasteiger charge is 2.29. The van der Waals surface area contributed by atoms with Gasteiger partial charge in [-0.3, -0.25) is 9.10 Å². The number of nitrogens with zero attached hydrogens (tertiary/aromatic N) is 1. The predicted molar refractivity (Wildman–Crippen MR) is 106 cm³/mol. The number of hydrogen-bond acceptors (Lipinski definition) is 3. The van der Waals surface area contributed by atoms with E-state index in [2.05, 4.69) is 5.32 Å². The van der Waals surface area contributed by atoms with Crippen molar-refractivity contribution in [1.29, 1.82) is 0 Å². The molecule has 2 aromatic carbocycles. The summed E-state index contributed by atoms with van der Waals surface area (Å²) in [6.45, 7) is 7.36. The molecule has 0 aliphatic rings. The second kappa shape index (κ2) is 8.08. The molecule has 2 unspecified atom stereocenters. The van der Waals surface area contributed by atoms with E-state index in [1.54, 1.807) is 0 Å². The Morgan fingerprint density at radius 3 is 2.15 bits per heavy atom. The van der Waals surface area contributed by atoms with Crippen molar-refractivity contribution in [1.82, 2.24) is 5.32 Å². The molecular weight excluding hydrogens is 367 g/mol. The molecule has 0 radical (unpaired) electrons. The number of nitrogens with one attached hydrogen (secondary N) is 1. The summed E-state index contributed by atoms with van der Waals surface area (Å²) in [4.78, 5) is 12.7. The van der Waals surface area contributed by atoms with Crippen LogP contribution in [0.5, 0.6) is 0 Å². The molecule has 1 N–H and O–H groups in total. The van der Waals surface area contributed by atoms with Crippen molar-refractivity contribution >= 4 is 21.6 Å². The van der Waals surface area contributed by atoms with Gasteiger partial charge in [-0.1, -0.05) is 18.2 Å². The molecular formula is C20H25FN2O3S. The maximum absolute atomic E-state index is 13.2. The Morgan fingerprint density at radius 1 is 1.04 bits per heavy atom. The Hall–Kier alpha value is -2.41. The molecule has 27 heavy (non-hydrogen) atoms. The number of hydrogen-bond donors (Lipinski definition) is 1. The molecule has 0 spiro atoms. The lowest BCUT2D eigenvalue weighted by Gasteiger charge is -2.29. The first-order valence-corrected chi connectivity index (χ1v) is 10.5. The number of benzene rings is 2. The number of carbonyl (C=O) groups excluding carboxylic acids is 1. The normalized spacial score (nSPS) is 13.7. The van der Waals surface area contributed by atoms with E-state index in [0.717, 1.165) is 39.4 Å². The molecule has 2 aromatic rings. The lowest BCUT2D eigenvalue weighted by atomic mass is 10.0. The molecule has 0 bridgehead atoms. The molecule has 0 aromatic heterocycles. The SMILES string of the molecule is Cc1ccc(C(C)NC(=O)C(C)N(c2ccc(F)cc2)S(C)(=O)=O)cc1C. The van der Waals surface area contributed by atoms with Gasteiger partial charge in [-0.2, -0.15) is 0 Å². The summed E-state index contributed by atoms with van der Waals surface area (Å²) in [7, 11) is -3.74. The third-order valence-electron chi connectivity index (χ3n) is 4.56. The third kappa shape index (κ3) is 5.07. The zero-order chi connectivity index (χ0) is 20.4. The van der Waals surface area contributed by atoms with Crippen LogP contribution in [-0.4, -0.2) is 26.6 Å². The second-order valence-corrected chi connectivity index (χ2v) is 8.64. The van der Waals surface area contributed by atoms with E-state index in [0.29, 0.717) is 0 Å². The molecule has 146 valence electrons. The fourth-order valence-electron chi connectivity index (χ4n) is 2.85. The van der Waals surface area contributed by atoms with Crippen LogP contribution in [0.4, 0.5) is 10.1 Å². The van der Waals surface area contributed by atoms with Crippen LogP contribution in [0.1, 0.15) is 36.6 Å². The number of aryl methyl sites for hydroxylation is 2. The molecule has 5 nitrogen and oxygen atoms in total. The summed E-state index contributed by atoms with van der Waals surface area (Å²) in [5.74, 6) is -0.914. The Bertz CT molecular complexity index is 927. The Morgan fingerprint density at radius 2 is 1.63 bits per heavy atom. The van der Waals surface area contributed by atoms with E-state index in [4.69, 9.17) is 0 Å². The summed E-state index contributed by atoms with van der Waals surface area (Å²) >= 11 is 0. The molecule has 0 heterocycles. The highest BCUT2D eigenvalue weighted by Crippen LogP contribution is 2.22. The van der Waals surface area contributed by atoms with Gasteiger partial charge in [-0.15, -0.1) is 0 Å². The van der Waals surface area contributed by atoms with Crippen LogP contribution in [-0.2, 0) is 14.8 Å². The quantitative estimate of drug-likeness (QED) is 0.819. The fraction of sp³-hybridized carbons (Fsp3) is 0.350. The van der Waals surface area contributed by atoms with E-state index in [9.17, 15) is 17.6 Å². The molecule has 0 saturated carbocycles. The number of anilines is 1. The second-order valence-electron chi connectivity index (χ2n) is 6.79. The van der Waals surface area contributed by atoms with Crippen LogP contribution < -0.4 is 9.62 Å². The van der Waals surface area contributed by atoms with Gasteiger partial charge in [-0.05, 0) is 68.7 Å². The zero-order valence-corrected chi connectivity index (χ0v) is 17.0. The van der Waals surface area contributed by atoms with Crippen LogP contribution in [0.25, 0.3) is 0 Å². The Balaban J connectivity index is 2.24. The van der Waals surface area contributed by atoms with Gasteiger partial charge in [0.05, 0.1) is 18.0 Å². The van der Waals surface area contributed by atoms with Crippen molar-refractivity contribution in [2.24, 2.45) is 0 Å². The van der Waals surface area contributed by atoms with E-state index >= 15 is 0 Å². The summed E-state index contributed by atoms with van der Waals surface area (Å²) < 4.78 is 38.7. The average molecular weight is 392 g/mol. The van der Waals surface area contributed by atoms with Crippen LogP contribution in [0, 0.1) is 19.7 Å². The lowest BCUT2D eigenvalue weighted by Crippen LogP contribution is -2.48. The highest BCUT2D eigenvalue weighted by molar-refractivity contribution is 7.92. The van der Waals surface area contributed by atoms with Crippen LogP contribution in [0.2, 0.25) is 0 Å². The maximum atomic E-state index is 13.2. The number of halogens is 1. The smallest absolute Gasteiger partial charge is 0.244 e. The average Bonchev–Trinajstić information content (AvgIpc) is 2.57. The number of rotatable bonds is 6. The molecule has 1 amide bonds. The minimum absolute atomic E-state index is 0.236. The zero-order valence-electron chi connectivity index (χ0n) is 16.2. The minimum atomic E-state index is -3.74. The lowest BCUT2D eigenvalue weighted by molar-refractivity contribution is -0.122. The summed E-state index contributed by atoms with van der Waals surface area (Å²) in [5, 5.41) is 2.86. The number of carbonyl (C=O) groups is 1. The van der Waals surface area contributed by atoms with Crippen molar-refractivity contribution in [3.8, 4) is 0 Å². The van der Waals surface area contributed by atoms with E-state index in [-0.39, 0.29) is 11.7 Å². The van der Waals surface area contributed by atoms with Gasteiger partial charge in [0.1, 0.15) is 11.9 Å². The van der Waals surface area contributed by atoms with Crippen molar-refractivity contribution in [3.63, 3.8) is 0 Å². The van der Waals surface area contributed by atoms with Crippen LogP contribution in [0.3, 0.4) is 0 Å². The van der Waals surface area contributed by atoms with E-state index in [1.807, 2.05) is 39.0 Å². The van der Waals surface area contributed by atoms with Crippen molar-refractivity contribution in [3.05, 3.63) is 65.0 Å². The summed E-state index contributed by atoms with van der Waals surface area (Å²) in [5.41, 5.74) is 3.45. The number of sulfonamides is 1. The topological polar surface area (TPSA) is 66.5 Å². The van der Waals surface area contributed by atoms with Crippen molar-refractivity contribution in [2.75, 3.05) is 10.6 Å². The van der Waals surface area contributed by atoms with Gasteiger partial charge in [0.25, 0.3) is 0 Å². The standard InChI is InChI=1S/C20H25FN2O3S/c1-13-6-7-17(12-14(13)2)15(3)22-20(24)16(4)23(27(5,25)26)19-10-8-18(21)9-11-19/h6-12,15-16H,1-5H3,(H,22,24). The highest BCUT2D eigenvalue weighted by atomic mass is 32.2. The Labute approximate surface area is 160 Å². The van der Waals surface area contributed by atoms with Gasteiger partial charge >= 0.3 is 0 Å². The Kier molecular flexibility index (Phi) is 6.26. The molecule has 0 fully saturated rings. The van der Waals surface area contributed by atoms with Crippen molar-refractivity contribution in [2.45, 2.75) is 39.8 Å². The maximum Gasteiger partial charge on any atom is 0.244 e. The van der Waals surface area contributed by atoms with Gasteiger partial charge in [0, 0.05) is 0 Å². The van der Waals surface area contributed by atoms with Gasteiger partial charge in [0.2, 0.25) is 15.9 Å². The van der Waals surface area contributed by atoms with Gasteiger partial charge in [-0.25, -0.2) is 12.8 Å². The predicted octanol–water partition coefficient (Wildman–Crippen LogP) is 3.47. The largest absolute Gasteiger partial charge is 0.348 e. The van der Waals surface area contributed by atoms with Crippen LogP contribution in [0.15, 0.2) is 42.5 Å². The fourth-order valence-corrected chi connectivity index (χ4v) is 4.02. The third-order valence-corrected chi connectivity index (χ3v) is 5.80.